The van der Waals surface area contributed by atoms with Crippen LogP contribution in [-0.4, -0.2) is 41.9 Å². The van der Waals surface area contributed by atoms with E-state index >= 15 is 0 Å². The summed E-state index contributed by atoms with van der Waals surface area (Å²) in [5.74, 6) is 2.47. The van der Waals surface area contributed by atoms with Gasteiger partial charge in [0.25, 0.3) is 0 Å². The van der Waals surface area contributed by atoms with E-state index in [4.69, 9.17) is 0 Å². The maximum absolute atomic E-state index is 12.3. The van der Waals surface area contributed by atoms with Crippen molar-refractivity contribution in [1.29, 1.82) is 0 Å². The lowest BCUT2D eigenvalue weighted by atomic mass is 10.3. The van der Waals surface area contributed by atoms with E-state index in [-0.39, 0.29) is 9.52 Å². The number of hydrogen-bond acceptors (Lipinski definition) is 4. The summed E-state index contributed by atoms with van der Waals surface area (Å²) in [4.78, 5) is 2.77. The predicted molar refractivity (Wildman–Crippen MR) is 96.2 cm³/mol. The van der Waals surface area contributed by atoms with Crippen molar-refractivity contribution in [1.82, 2.24) is 0 Å². The van der Waals surface area contributed by atoms with Gasteiger partial charge in [-0.2, -0.15) is 0 Å². The lowest BCUT2D eigenvalue weighted by molar-refractivity contribution is 0.594. The molecule has 0 bridgehead atoms. The summed E-state index contributed by atoms with van der Waals surface area (Å²) in [6.45, 7) is 3.25. The van der Waals surface area contributed by atoms with E-state index < -0.39 is 9.84 Å². The third kappa shape index (κ3) is 5.04. The summed E-state index contributed by atoms with van der Waals surface area (Å²) in [7, 11) is -3.12. The Labute approximate surface area is 135 Å². The van der Waals surface area contributed by atoms with Crippen LogP contribution in [0.3, 0.4) is 0 Å². The largest absolute Gasteiger partial charge is 0.361 e. The Kier molecular flexibility index (Phi) is 6.63. The molecular formula is C15H25NO2S2Si. The van der Waals surface area contributed by atoms with Crippen LogP contribution in [0.5, 0.6) is 0 Å². The fourth-order valence-corrected chi connectivity index (χ4v) is 6.66. The molecule has 1 aromatic rings. The molecule has 0 unspecified atom stereocenters. The molecule has 0 saturated carbocycles. The number of sulfone groups is 1. The molecule has 1 saturated heterocycles. The summed E-state index contributed by atoms with van der Waals surface area (Å²) in [5, 5.41) is 0. The Bertz CT molecular complexity index is 525. The molecule has 1 heterocycles. The molecule has 2 rings (SSSR count). The Hall–Kier alpha value is -0.463. The van der Waals surface area contributed by atoms with Crippen molar-refractivity contribution < 1.29 is 8.42 Å². The zero-order valence-corrected chi connectivity index (χ0v) is 15.8. The first-order chi connectivity index (χ1) is 10.1. The number of anilines is 1. The minimum atomic E-state index is -3.09. The van der Waals surface area contributed by atoms with E-state index in [9.17, 15) is 8.42 Å². The fraction of sp³-hybridized carbons (Fsp3) is 0.600. The summed E-state index contributed by atoms with van der Waals surface area (Å²) in [6, 6.07) is 9.93. The second kappa shape index (κ2) is 8.24. The summed E-state index contributed by atoms with van der Waals surface area (Å²) in [5.41, 5.74) is 1.13. The maximum atomic E-state index is 12.3. The molecule has 1 aliphatic heterocycles. The van der Waals surface area contributed by atoms with E-state index in [1.54, 1.807) is 12.1 Å². The highest BCUT2D eigenvalue weighted by Gasteiger charge is 2.16. The smallest absolute Gasteiger partial charge is 0.178 e. The van der Waals surface area contributed by atoms with Gasteiger partial charge in [-0.15, -0.1) is 11.8 Å². The maximum Gasteiger partial charge on any atom is 0.178 e. The van der Waals surface area contributed by atoms with Crippen LogP contribution >= 0.6 is 11.8 Å². The van der Waals surface area contributed by atoms with Gasteiger partial charge in [-0.3, -0.25) is 0 Å². The first-order valence-electron chi connectivity index (χ1n) is 7.79. The predicted octanol–water partition coefficient (Wildman–Crippen LogP) is 2.78. The van der Waals surface area contributed by atoms with Crippen molar-refractivity contribution in [2.45, 2.75) is 36.7 Å². The Morgan fingerprint density at radius 1 is 1.24 bits per heavy atom. The average Bonchev–Trinajstić information content (AvgIpc) is 3.01. The van der Waals surface area contributed by atoms with Gasteiger partial charge in [0.1, 0.15) is 0 Å². The number of hydrogen-bond donors (Lipinski definition) is 0. The summed E-state index contributed by atoms with van der Waals surface area (Å²) < 4.78 is 24.6. The second-order valence-electron chi connectivity index (χ2n) is 5.53. The zero-order valence-electron chi connectivity index (χ0n) is 12.8. The van der Waals surface area contributed by atoms with Gasteiger partial charge in [-0.05, 0) is 30.7 Å². The van der Waals surface area contributed by atoms with E-state index in [1.165, 1.54) is 12.5 Å². The van der Waals surface area contributed by atoms with Crippen molar-refractivity contribution in [2.75, 3.05) is 28.8 Å². The number of nitrogens with zero attached hydrogens (tertiary/aromatic N) is 1. The third-order valence-corrected chi connectivity index (χ3v) is 8.82. The van der Waals surface area contributed by atoms with Crippen molar-refractivity contribution in [3.05, 3.63) is 24.3 Å². The highest BCUT2D eigenvalue weighted by molar-refractivity contribution is 7.99. The Balaban J connectivity index is 1.90. The fourth-order valence-electron chi connectivity index (χ4n) is 2.50. The summed E-state index contributed by atoms with van der Waals surface area (Å²) >= 11 is 1.92. The van der Waals surface area contributed by atoms with Crippen LogP contribution in [0.1, 0.15) is 19.8 Å². The zero-order chi connectivity index (χ0) is 15.1. The Morgan fingerprint density at radius 3 is 2.62 bits per heavy atom. The lowest BCUT2D eigenvalue weighted by Gasteiger charge is -2.16. The van der Waals surface area contributed by atoms with Gasteiger partial charge in [0.2, 0.25) is 0 Å². The number of thioether (sulfide) groups is 1. The van der Waals surface area contributed by atoms with E-state index in [1.807, 2.05) is 23.9 Å². The van der Waals surface area contributed by atoms with Crippen LogP contribution in [0.25, 0.3) is 0 Å². The van der Waals surface area contributed by atoms with Gasteiger partial charge < -0.3 is 4.90 Å². The highest BCUT2D eigenvalue weighted by atomic mass is 32.2. The monoisotopic (exact) mass is 343 g/mol. The third-order valence-electron chi connectivity index (χ3n) is 3.83. The molecule has 0 atom stereocenters. The molecule has 6 heteroatoms. The van der Waals surface area contributed by atoms with Crippen LogP contribution in [0, 0.1) is 0 Å². The highest BCUT2D eigenvalue weighted by Crippen LogP contribution is 2.24. The van der Waals surface area contributed by atoms with Crippen molar-refractivity contribution in [3.63, 3.8) is 0 Å². The second-order valence-corrected chi connectivity index (χ2v) is 10.8. The van der Waals surface area contributed by atoms with Crippen LogP contribution in [0.15, 0.2) is 29.2 Å². The van der Waals surface area contributed by atoms with Gasteiger partial charge in [-0.1, -0.05) is 25.4 Å². The van der Waals surface area contributed by atoms with Crippen LogP contribution in [-0.2, 0) is 9.84 Å². The van der Waals surface area contributed by atoms with Gasteiger partial charge >= 0.3 is 0 Å². The minimum Gasteiger partial charge on any atom is -0.361 e. The molecule has 118 valence electrons. The molecule has 3 nitrogen and oxygen atoms in total. The molecule has 0 spiro atoms. The van der Waals surface area contributed by atoms with Crippen molar-refractivity contribution in [3.8, 4) is 0 Å². The molecular weight excluding hydrogens is 318 g/mol. The summed E-state index contributed by atoms with van der Waals surface area (Å²) in [6.07, 6.45) is 2.08. The first kappa shape index (κ1) is 16.9. The molecule has 1 aromatic carbocycles. The SMILES string of the molecule is CCC[SiH2]CCCS(=O)(=O)c1ccc(N2CCSC2)cc1. The lowest BCUT2D eigenvalue weighted by Crippen LogP contribution is -2.18. The molecule has 0 amide bonds. The number of rotatable bonds is 8. The molecule has 21 heavy (non-hydrogen) atoms. The minimum absolute atomic E-state index is 0.0276. The quantitative estimate of drug-likeness (QED) is 0.537. The van der Waals surface area contributed by atoms with Crippen molar-refractivity contribution in [2.24, 2.45) is 0 Å². The molecule has 1 aliphatic rings. The van der Waals surface area contributed by atoms with E-state index in [0.717, 1.165) is 36.3 Å². The van der Waals surface area contributed by atoms with Crippen LogP contribution < -0.4 is 4.90 Å². The molecule has 0 radical (unpaired) electrons. The van der Waals surface area contributed by atoms with E-state index in [0.29, 0.717) is 10.6 Å². The molecule has 0 N–H and O–H groups in total. The van der Waals surface area contributed by atoms with Gasteiger partial charge in [-0.25, -0.2) is 8.42 Å². The van der Waals surface area contributed by atoms with Gasteiger partial charge in [0.05, 0.1) is 16.5 Å². The van der Waals surface area contributed by atoms with E-state index in [2.05, 4.69) is 11.8 Å². The topological polar surface area (TPSA) is 37.4 Å². The Morgan fingerprint density at radius 2 is 2.00 bits per heavy atom. The normalized spacial score (nSPS) is 16.1. The van der Waals surface area contributed by atoms with Crippen LogP contribution in [0.4, 0.5) is 5.69 Å². The van der Waals surface area contributed by atoms with Gasteiger partial charge in [0, 0.05) is 27.5 Å². The average molecular weight is 344 g/mol. The molecule has 1 fully saturated rings. The number of benzene rings is 1. The van der Waals surface area contributed by atoms with Gasteiger partial charge in [0.15, 0.2) is 9.84 Å². The van der Waals surface area contributed by atoms with Crippen molar-refractivity contribution >= 4 is 36.8 Å². The molecule has 0 aromatic heterocycles. The first-order valence-corrected chi connectivity index (χ1v) is 12.6. The molecule has 0 aliphatic carbocycles. The van der Waals surface area contributed by atoms with Crippen LogP contribution in [0.2, 0.25) is 12.1 Å². The standard InChI is InChI=1S/C15H25NO2S2Si/c1-2-11-21-12-3-10-20(17,18)15-6-4-14(5-7-15)16-8-9-19-13-16/h4-7H,2-3,8-13,21H2,1H3.